The molecule has 2 aromatic rings. The van der Waals surface area contributed by atoms with Gasteiger partial charge >= 0.3 is 6.09 Å². The number of amides is 1. The molecule has 1 aromatic heterocycles. The van der Waals surface area contributed by atoms with Gasteiger partial charge in [-0.15, -0.1) is 0 Å². The fourth-order valence-corrected chi connectivity index (χ4v) is 4.50. The van der Waals surface area contributed by atoms with Crippen molar-refractivity contribution in [2.75, 3.05) is 25.1 Å². The topological polar surface area (TPSA) is 105 Å². The molecule has 0 bridgehead atoms. The molecule has 3 rings (SSSR count). The molecular formula is C29H40N4O4. The van der Waals surface area contributed by atoms with Gasteiger partial charge in [0.05, 0.1) is 11.1 Å². The van der Waals surface area contributed by atoms with E-state index in [-0.39, 0.29) is 6.61 Å². The van der Waals surface area contributed by atoms with Crippen LogP contribution >= 0.6 is 0 Å². The van der Waals surface area contributed by atoms with Crippen LogP contribution in [-0.2, 0) is 9.47 Å². The molecule has 8 nitrogen and oxygen atoms in total. The van der Waals surface area contributed by atoms with Gasteiger partial charge in [-0.3, -0.25) is 0 Å². The minimum atomic E-state index is -0.669. The Morgan fingerprint density at radius 3 is 2.51 bits per heavy atom. The summed E-state index contributed by atoms with van der Waals surface area (Å²) in [6.45, 7) is 13.3. The third-order valence-corrected chi connectivity index (χ3v) is 5.97. The molecular weight excluding hydrogens is 468 g/mol. The van der Waals surface area contributed by atoms with Gasteiger partial charge in [0.25, 0.3) is 0 Å². The zero-order valence-electron chi connectivity index (χ0n) is 22.9. The fraction of sp³-hybridized carbons (Fsp3) is 0.552. The molecule has 1 fully saturated rings. The summed E-state index contributed by atoms with van der Waals surface area (Å²) in [5.41, 5.74) is 1.03. The van der Waals surface area contributed by atoms with Crippen LogP contribution in [0.2, 0.25) is 0 Å². The molecule has 1 atom stereocenters. The molecule has 1 saturated heterocycles. The summed E-state index contributed by atoms with van der Waals surface area (Å²) in [6, 6.07) is 12.1. The maximum Gasteiger partial charge on any atom is 0.408 e. The highest BCUT2D eigenvalue weighted by atomic mass is 16.6. The van der Waals surface area contributed by atoms with E-state index >= 15 is 0 Å². The highest BCUT2D eigenvalue weighted by molar-refractivity contribution is 5.70. The van der Waals surface area contributed by atoms with Gasteiger partial charge in [-0.1, -0.05) is 19.9 Å². The molecule has 0 spiro atoms. The first-order valence-electron chi connectivity index (χ1n) is 13.0. The maximum atomic E-state index is 12.5. The number of rotatable bonds is 9. The SMILES string of the molecule is CC(C)CC(C)(COc1ccc(-c2ccnc(NC3CCOCC3)c2)cc1C#N)NC(=O)OC(C)(C)C. The number of alkyl carbamates (subject to hydrolysis) is 1. The van der Waals surface area contributed by atoms with Gasteiger partial charge in [0.1, 0.15) is 29.8 Å². The Kier molecular flexibility index (Phi) is 9.39. The van der Waals surface area contributed by atoms with Gasteiger partial charge in [0, 0.05) is 25.5 Å². The minimum Gasteiger partial charge on any atom is -0.490 e. The number of nitrogens with one attached hydrogen (secondary N) is 2. The number of benzene rings is 1. The summed E-state index contributed by atoms with van der Waals surface area (Å²) < 4.78 is 17.0. The number of anilines is 1. The van der Waals surface area contributed by atoms with Crippen molar-refractivity contribution >= 4 is 11.9 Å². The largest absolute Gasteiger partial charge is 0.490 e. The summed E-state index contributed by atoms with van der Waals surface area (Å²) >= 11 is 0. The van der Waals surface area contributed by atoms with Crippen LogP contribution in [0.5, 0.6) is 5.75 Å². The van der Waals surface area contributed by atoms with E-state index in [0.717, 1.165) is 43.0 Å². The summed E-state index contributed by atoms with van der Waals surface area (Å²) in [5, 5.41) is 16.3. The number of aromatic nitrogens is 1. The molecule has 0 aliphatic carbocycles. The minimum absolute atomic E-state index is 0.201. The third kappa shape index (κ3) is 8.94. The lowest BCUT2D eigenvalue weighted by Crippen LogP contribution is -2.52. The van der Waals surface area contributed by atoms with Crippen LogP contribution in [-0.4, -0.2) is 48.1 Å². The van der Waals surface area contributed by atoms with Gasteiger partial charge < -0.3 is 24.8 Å². The smallest absolute Gasteiger partial charge is 0.408 e. The summed E-state index contributed by atoms with van der Waals surface area (Å²) in [7, 11) is 0. The lowest BCUT2D eigenvalue weighted by Gasteiger charge is -2.33. The van der Waals surface area contributed by atoms with E-state index in [1.165, 1.54) is 0 Å². The van der Waals surface area contributed by atoms with Crippen molar-refractivity contribution in [2.24, 2.45) is 5.92 Å². The van der Waals surface area contributed by atoms with Gasteiger partial charge in [-0.2, -0.15) is 5.26 Å². The first-order valence-corrected chi connectivity index (χ1v) is 13.0. The normalized spacial score (nSPS) is 15.9. The molecule has 0 saturated carbocycles. The van der Waals surface area contributed by atoms with Gasteiger partial charge in [0.2, 0.25) is 0 Å². The highest BCUT2D eigenvalue weighted by Gasteiger charge is 2.31. The van der Waals surface area contributed by atoms with Crippen molar-refractivity contribution in [1.29, 1.82) is 5.26 Å². The summed E-state index contributed by atoms with van der Waals surface area (Å²) in [5.74, 6) is 1.60. The second kappa shape index (κ2) is 12.3. The van der Waals surface area contributed by atoms with Gasteiger partial charge in [-0.25, -0.2) is 9.78 Å². The Morgan fingerprint density at radius 1 is 1.16 bits per heavy atom. The van der Waals surface area contributed by atoms with Gasteiger partial charge in [-0.05, 0) is 88.3 Å². The molecule has 1 unspecified atom stereocenters. The van der Waals surface area contributed by atoms with Crippen LogP contribution < -0.4 is 15.4 Å². The van der Waals surface area contributed by atoms with Crippen LogP contribution in [0, 0.1) is 17.2 Å². The van der Waals surface area contributed by atoms with Crippen LogP contribution in [0.1, 0.15) is 66.4 Å². The second-order valence-electron chi connectivity index (χ2n) is 11.4. The highest BCUT2D eigenvalue weighted by Crippen LogP contribution is 2.29. The number of carbonyl (C=O) groups excluding carboxylic acids is 1. The van der Waals surface area contributed by atoms with Crippen molar-refractivity contribution < 1.29 is 19.0 Å². The lowest BCUT2D eigenvalue weighted by atomic mass is 9.91. The third-order valence-electron chi connectivity index (χ3n) is 5.97. The second-order valence-corrected chi connectivity index (χ2v) is 11.4. The fourth-order valence-electron chi connectivity index (χ4n) is 4.50. The zero-order valence-corrected chi connectivity index (χ0v) is 22.9. The quantitative estimate of drug-likeness (QED) is 0.433. The average Bonchev–Trinajstić information content (AvgIpc) is 2.81. The zero-order chi connectivity index (χ0) is 27.1. The van der Waals surface area contributed by atoms with E-state index in [1.54, 1.807) is 6.20 Å². The lowest BCUT2D eigenvalue weighted by molar-refractivity contribution is 0.0408. The molecule has 1 aliphatic heterocycles. The summed E-state index contributed by atoms with van der Waals surface area (Å²) in [4.78, 5) is 16.9. The number of nitrogens with zero attached hydrogens (tertiary/aromatic N) is 2. The average molecular weight is 509 g/mol. The number of ether oxygens (including phenoxy) is 3. The van der Waals surface area contributed by atoms with E-state index in [0.29, 0.717) is 29.7 Å². The Hall–Kier alpha value is -3.31. The van der Waals surface area contributed by atoms with Crippen molar-refractivity contribution in [1.82, 2.24) is 10.3 Å². The van der Waals surface area contributed by atoms with Gasteiger partial charge in [0.15, 0.2) is 0 Å². The molecule has 1 aliphatic rings. The monoisotopic (exact) mass is 508 g/mol. The molecule has 200 valence electrons. The van der Waals surface area contributed by atoms with Crippen LogP contribution in [0.25, 0.3) is 11.1 Å². The number of carbonyl (C=O) groups is 1. The Morgan fingerprint density at radius 2 is 1.86 bits per heavy atom. The van der Waals surface area contributed by atoms with E-state index < -0.39 is 17.2 Å². The van der Waals surface area contributed by atoms with E-state index in [9.17, 15) is 10.1 Å². The Labute approximate surface area is 220 Å². The molecule has 8 heteroatoms. The first-order chi connectivity index (χ1) is 17.5. The van der Waals surface area contributed by atoms with Crippen LogP contribution in [0.3, 0.4) is 0 Å². The molecule has 0 radical (unpaired) electrons. The van der Waals surface area contributed by atoms with E-state index in [1.807, 2.05) is 58.0 Å². The molecule has 37 heavy (non-hydrogen) atoms. The maximum absolute atomic E-state index is 12.5. The summed E-state index contributed by atoms with van der Waals surface area (Å²) in [6.07, 6.45) is 3.88. The van der Waals surface area contributed by atoms with Crippen LogP contribution in [0.15, 0.2) is 36.5 Å². The number of hydrogen-bond acceptors (Lipinski definition) is 7. The van der Waals surface area contributed by atoms with Crippen LogP contribution in [0.4, 0.5) is 10.6 Å². The molecule has 2 N–H and O–H groups in total. The standard InChI is InChI=1S/C29H40N4O4/c1-20(2)17-29(6,33-27(34)37-28(3,4)5)19-36-25-8-7-21(15-23(25)18-30)22-9-12-31-26(16-22)32-24-10-13-35-14-11-24/h7-9,12,15-16,20,24H,10-11,13-14,17,19H2,1-6H3,(H,31,32)(H,33,34). The predicted molar refractivity (Wildman–Crippen MR) is 145 cm³/mol. The van der Waals surface area contributed by atoms with Crippen molar-refractivity contribution in [2.45, 2.75) is 78.0 Å². The number of pyridine rings is 1. The Bertz CT molecular complexity index is 1100. The van der Waals surface area contributed by atoms with E-state index in [2.05, 4.69) is 35.5 Å². The Balaban J connectivity index is 1.73. The van der Waals surface area contributed by atoms with Crippen molar-refractivity contribution in [3.05, 3.63) is 42.1 Å². The van der Waals surface area contributed by atoms with Crippen molar-refractivity contribution in [3.8, 4) is 22.9 Å². The van der Waals surface area contributed by atoms with Crippen molar-refractivity contribution in [3.63, 3.8) is 0 Å². The van der Waals surface area contributed by atoms with E-state index in [4.69, 9.17) is 14.2 Å². The molecule has 1 aromatic carbocycles. The number of nitriles is 1. The first kappa shape index (κ1) is 28.3. The number of hydrogen-bond donors (Lipinski definition) is 2. The molecule has 1 amide bonds. The predicted octanol–water partition coefficient (Wildman–Crippen LogP) is 5.92. The molecule has 2 heterocycles.